The van der Waals surface area contributed by atoms with E-state index in [9.17, 15) is 74.4 Å². The Morgan fingerprint density at radius 2 is 1.22 bits per heavy atom. The number of aliphatic hydroxyl groups excluding tert-OH is 7. The molecule has 4 rings (SSSR count). The van der Waals surface area contributed by atoms with Crippen LogP contribution >= 0.6 is 0 Å². The lowest BCUT2D eigenvalue weighted by molar-refractivity contribution is -0.147. The summed E-state index contributed by atoms with van der Waals surface area (Å²) in [6.07, 6.45) is -6.83. The smallest absolute Gasteiger partial charge is 0.248 e. The quantitative estimate of drug-likeness (QED) is 0.0477. The van der Waals surface area contributed by atoms with Gasteiger partial charge in [0.1, 0.15) is 60.4 Å². The number of phenolic OH excluding ortho intramolecular Hbond substituents is 1. The highest BCUT2D eigenvalue weighted by Crippen LogP contribution is 2.27. The molecule has 25 nitrogen and oxygen atoms in total. The predicted octanol–water partition coefficient (Wildman–Crippen LogP) is -3.31. The first kappa shape index (κ1) is 64.4. The van der Waals surface area contributed by atoms with Gasteiger partial charge in [-0.3, -0.25) is 38.9 Å². The Morgan fingerprint density at radius 1 is 0.675 bits per heavy atom. The van der Waals surface area contributed by atoms with Crippen LogP contribution in [0.1, 0.15) is 129 Å². The summed E-state index contributed by atoms with van der Waals surface area (Å²) in [5.41, 5.74) is 11.5. The lowest BCUT2D eigenvalue weighted by Crippen LogP contribution is -2.64. The summed E-state index contributed by atoms with van der Waals surface area (Å²) in [6.45, 7) is 6.57. The zero-order valence-electron chi connectivity index (χ0n) is 45.0. The Bertz CT molecular complexity index is 2070. The predicted molar refractivity (Wildman–Crippen MR) is 280 cm³/mol. The number of rotatable bonds is 23. The van der Waals surface area contributed by atoms with Gasteiger partial charge in [-0.25, -0.2) is 0 Å². The molecule has 3 fully saturated rings. The van der Waals surface area contributed by atoms with Gasteiger partial charge in [0.25, 0.3) is 0 Å². The standard InChI is InChI=1S/C52H88N10O15/c1-5-28(2)22-29(3)12-10-8-6-7-9-11-13-40(69)56-35-25-39(68)46(55-21-20-54)60-49(74)37-24-34(66)27-62(37)52(77)42(38(67)18-19-53)58-50(75)43(45(71)44(70)31-14-16-32(64)17-15-31)59-48(73)36-23-33(65)26-61(36)51(76)41(30(4)63)57-47(35)72/h14-17,28-30,33-39,41-46,55,63-68,70-71H,5-13,18-27,53-54H2,1-4H3,(H,56,69)(H,57,72)(H,58,75)(H,59,73)(H,60,74)/t28-,29+,30+,33+,34+,35-,36-,37-,38+,39+,41-,42-,43-,44-,45-,46?/m0/s1. The molecule has 3 heterocycles. The van der Waals surface area contributed by atoms with Crippen molar-refractivity contribution >= 4 is 41.4 Å². The molecule has 0 radical (unpaired) electrons. The van der Waals surface area contributed by atoms with Crippen LogP contribution in [0.3, 0.4) is 0 Å². The van der Waals surface area contributed by atoms with Crippen LogP contribution in [0.15, 0.2) is 24.3 Å². The zero-order valence-corrected chi connectivity index (χ0v) is 45.0. The first-order valence-electron chi connectivity index (χ1n) is 27.3. The number of amides is 7. The molecule has 0 spiro atoms. The number of nitrogens with zero attached hydrogens (tertiary/aromatic N) is 2. The number of aliphatic hydroxyl groups is 7. The molecule has 25 heteroatoms. The van der Waals surface area contributed by atoms with Crippen LogP contribution in [0.4, 0.5) is 0 Å². The highest BCUT2D eigenvalue weighted by Gasteiger charge is 2.48. The van der Waals surface area contributed by atoms with Crippen molar-refractivity contribution in [3.63, 3.8) is 0 Å². The number of phenols is 1. The van der Waals surface area contributed by atoms with Gasteiger partial charge in [-0.05, 0) is 62.3 Å². The molecule has 1 aromatic rings. The van der Waals surface area contributed by atoms with Crippen molar-refractivity contribution in [1.82, 2.24) is 41.7 Å². The lowest BCUT2D eigenvalue weighted by Gasteiger charge is -2.34. The molecule has 7 amide bonds. The van der Waals surface area contributed by atoms with Gasteiger partial charge in [0.15, 0.2) is 0 Å². The number of nitrogens with two attached hydrogens (primary N) is 2. The molecule has 3 aliphatic rings. The van der Waals surface area contributed by atoms with Crippen molar-refractivity contribution in [2.24, 2.45) is 23.3 Å². The fourth-order valence-corrected chi connectivity index (χ4v) is 10.2. The molecular weight excluding hydrogens is 1000 g/mol. The average Bonchev–Trinajstić information content (AvgIpc) is 3.99. The van der Waals surface area contributed by atoms with Gasteiger partial charge in [-0.15, -0.1) is 0 Å². The highest BCUT2D eigenvalue weighted by atomic mass is 16.3. The maximum Gasteiger partial charge on any atom is 0.248 e. The third kappa shape index (κ3) is 19.1. The minimum Gasteiger partial charge on any atom is -0.508 e. The van der Waals surface area contributed by atoms with E-state index in [0.717, 1.165) is 55.2 Å². The van der Waals surface area contributed by atoms with Crippen LogP contribution in [0, 0.1) is 11.8 Å². The van der Waals surface area contributed by atoms with Gasteiger partial charge < -0.3 is 88.7 Å². The van der Waals surface area contributed by atoms with E-state index >= 15 is 0 Å². The zero-order chi connectivity index (χ0) is 57.1. The molecule has 1 aromatic carbocycles. The molecule has 0 aromatic heterocycles. The van der Waals surface area contributed by atoms with E-state index in [0.29, 0.717) is 24.7 Å². The molecule has 0 aliphatic carbocycles. The van der Waals surface area contributed by atoms with E-state index in [4.69, 9.17) is 11.5 Å². The number of hydrogen-bond acceptors (Lipinski definition) is 18. The van der Waals surface area contributed by atoms with Crippen molar-refractivity contribution in [2.75, 3.05) is 32.7 Å². The second-order valence-electron chi connectivity index (χ2n) is 21.3. The van der Waals surface area contributed by atoms with Crippen molar-refractivity contribution < 1.29 is 74.4 Å². The van der Waals surface area contributed by atoms with Crippen LogP contribution in [0.2, 0.25) is 0 Å². The van der Waals surface area contributed by atoms with E-state index in [2.05, 4.69) is 52.7 Å². The summed E-state index contributed by atoms with van der Waals surface area (Å²) in [5.74, 6) is -6.33. The third-order valence-electron chi connectivity index (χ3n) is 14.8. The van der Waals surface area contributed by atoms with Crippen LogP contribution in [0.25, 0.3) is 0 Å². The van der Waals surface area contributed by atoms with Crippen LogP contribution in [-0.4, -0.2) is 204 Å². The minimum atomic E-state index is -2.28. The Balaban J connectivity index is 1.73. The van der Waals surface area contributed by atoms with Crippen LogP contribution < -0.4 is 43.4 Å². The van der Waals surface area contributed by atoms with Crippen molar-refractivity contribution in [3.05, 3.63) is 29.8 Å². The molecular formula is C52H88N10O15. The maximum absolute atomic E-state index is 14.6. The first-order valence-corrected chi connectivity index (χ1v) is 27.3. The lowest BCUT2D eigenvalue weighted by atomic mass is 9.91. The summed E-state index contributed by atoms with van der Waals surface area (Å²) in [7, 11) is 0. The Hall–Kier alpha value is -5.09. The Morgan fingerprint density at radius 3 is 1.79 bits per heavy atom. The number of benzene rings is 1. The van der Waals surface area contributed by atoms with E-state index < -0.39 is 152 Å². The highest BCUT2D eigenvalue weighted by molar-refractivity contribution is 5.98. The summed E-state index contributed by atoms with van der Waals surface area (Å²) < 4.78 is 0. The fraction of sp³-hybridized carbons (Fsp3) is 0.750. The minimum absolute atomic E-state index is 0.0202. The monoisotopic (exact) mass is 1090 g/mol. The molecule has 16 atom stereocenters. The van der Waals surface area contributed by atoms with E-state index in [-0.39, 0.29) is 50.2 Å². The number of nitrogens with one attached hydrogen (secondary N) is 6. The number of unbranched alkanes of at least 4 members (excludes halogenated alkanes) is 5. The van der Waals surface area contributed by atoms with Gasteiger partial charge >= 0.3 is 0 Å². The molecule has 436 valence electrons. The topological polar surface area (TPSA) is 412 Å². The third-order valence-corrected chi connectivity index (χ3v) is 14.8. The average molecular weight is 1090 g/mol. The second kappa shape index (κ2) is 31.5. The molecule has 3 saturated heterocycles. The molecule has 1 unspecified atom stereocenters. The van der Waals surface area contributed by atoms with Gasteiger partial charge in [0.2, 0.25) is 41.4 Å². The number of carbonyl (C=O) groups is 7. The normalized spacial score (nSPS) is 28.6. The Kier molecular flexibility index (Phi) is 26.4. The van der Waals surface area contributed by atoms with E-state index in [1.807, 2.05) is 0 Å². The second-order valence-corrected chi connectivity index (χ2v) is 21.3. The number of hydrogen-bond donors (Lipinski definition) is 16. The first-order chi connectivity index (χ1) is 36.5. The van der Waals surface area contributed by atoms with Gasteiger partial charge in [0, 0.05) is 51.9 Å². The van der Waals surface area contributed by atoms with Crippen LogP contribution in [0.5, 0.6) is 5.75 Å². The SMILES string of the molecule is CC[C@H](C)C[C@H](C)CCCCCCCCC(=O)N[C@H]1C[C@@H](O)C(NCCN)NC(=O)[C@@H]2C[C@@H](O)CN2C(=O)[C@H]([C@H](O)CCN)NC(=O)[C@H]([C@H](O)[C@@H](O)c2ccc(O)cc2)NC(=O)[C@@H]2C[C@@H](O)CN2C(=O)[C@H]([C@@H](C)O)NC1=O. The van der Waals surface area contributed by atoms with E-state index in [1.54, 1.807) is 0 Å². The summed E-state index contributed by atoms with van der Waals surface area (Å²) >= 11 is 0. The van der Waals surface area contributed by atoms with Crippen molar-refractivity contribution in [2.45, 2.75) is 203 Å². The molecule has 77 heavy (non-hydrogen) atoms. The fourth-order valence-electron chi connectivity index (χ4n) is 10.2. The van der Waals surface area contributed by atoms with E-state index in [1.165, 1.54) is 30.7 Å². The maximum atomic E-state index is 14.6. The number of fused-ring (bicyclic) bond motifs is 2. The van der Waals surface area contributed by atoms with Gasteiger partial charge in [-0.1, -0.05) is 77.8 Å². The summed E-state index contributed by atoms with van der Waals surface area (Å²) in [5, 5.41) is 104. The summed E-state index contributed by atoms with van der Waals surface area (Å²) in [6, 6.07) is -6.18. The van der Waals surface area contributed by atoms with Crippen molar-refractivity contribution in [1.29, 1.82) is 0 Å². The van der Waals surface area contributed by atoms with Gasteiger partial charge in [0.05, 0.1) is 30.5 Å². The van der Waals surface area contributed by atoms with Gasteiger partial charge in [-0.2, -0.15) is 0 Å². The number of carbonyl (C=O) groups excluding carboxylic acids is 7. The largest absolute Gasteiger partial charge is 0.508 e. The van der Waals surface area contributed by atoms with Crippen molar-refractivity contribution in [3.8, 4) is 5.75 Å². The molecule has 18 N–H and O–H groups in total. The molecule has 0 bridgehead atoms. The molecule has 3 aliphatic heterocycles. The van der Waals surface area contributed by atoms with Crippen LogP contribution in [-0.2, 0) is 33.6 Å². The number of aromatic hydroxyl groups is 1. The Labute approximate surface area is 450 Å². The summed E-state index contributed by atoms with van der Waals surface area (Å²) in [4.78, 5) is 102. The molecule has 0 saturated carbocycles.